The second-order valence-electron chi connectivity index (χ2n) is 6.27. The van der Waals surface area contributed by atoms with E-state index in [2.05, 4.69) is 42.6 Å². The summed E-state index contributed by atoms with van der Waals surface area (Å²) >= 11 is 0. The average molecular weight is 293 g/mol. The van der Waals surface area contributed by atoms with Gasteiger partial charge in [-0.1, -0.05) is 49.4 Å². The van der Waals surface area contributed by atoms with E-state index in [9.17, 15) is 4.39 Å². The first-order chi connectivity index (χ1) is 10.8. The highest BCUT2D eigenvalue weighted by molar-refractivity contribution is 5.60. The van der Waals surface area contributed by atoms with Crippen molar-refractivity contribution in [2.24, 2.45) is 5.92 Å². The standard InChI is InChI=1S/C20H20FN/c1-2-13-10-11-19-17(12-13)14-7-5-8-15(14)20(22-19)16-6-3-4-9-18(16)21/h3-7,9-12,14-15,20,22H,2,8H2,1H3/t14-,15+,20+/m1/s1. The Morgan fingerprint density at radius 1 is 1.14 bits per heavy atom. The molecule has 112 valence electrons. The molecule has 1 aliphatic heterocycles. The van der Waals surface area contributed by atoms with Gasteiger partial charge in [-0.3, -0.25) is 0 Å². The Labute approximate surface area is 130 Å². The van der Waals surface area contributed by atoms with E-state index in [1.54, 1.807) is 12.1 Å². The van der Waals surface area contributed by atoms with E-state index in [0.29, 0.717) is 11.8 Å². The highest BCUT2D eigenvalue weighted by atomic mass is 19.1. The van der Waals surface area contributed by atoms with Crippen molar-refractivity contribution in [3.05, 3.63) is 77.1 Å². The first kappa shape index (κ1) is 13.6. The van der Waals surface area contributed by atoms with Gasteiger partial charge in [-0.05, 0) is 42.0 Å². The quantitative estimate of drug-likeness (QED) is 0.749. The Morgan fingerprint density at radius 3 is 2.82 bits per heavy atom. The molecular formula is C20H20FN. The molecule has 0 amide bonds. The first-order valence-corrected chi connectivity index (χ1v) is 8.08. The maximum Gasteiger partial charge on any atom is 0.128 e. The lowest BCUT2D eigenvalue weighted by Crippen LogP contribution is -2.29. The summed E-state index contributed by atoms with van der Waals surface area (Å²) < 4.78 is 14.3. The molecule has 22 heavy (non-hydrogen) atoms. The van der Waals surface area contributed by atoms with Crippen LogP contribution in [0.5, 0.6) is 0 Å². The van der Waals surface area contributed by atoms with E-state index in [0.717, 1.165) is 24.1 Å². The second-order valence-corrected chi connectivity index (χ2v) is 6.27. The van der Waals surface area contributed by atoms with E-state index in [-0.39, 0.29) is 11.9 Å². The zero-order valence-corrected chi connectivity index (χ0v) is 12.7. The molecule has 0 unspecified atom stereocenters. The third kappa shape index (κ3) is 2.06. The van der Waals surface area contributed by atoms with E-state index >= 15 is 0 Å². The smallest absolute Gasteiger partial charge is 0.128 e. The van der Waals surface area contributed by atoms with Crippen LogP contribution in [0.3, 0.4) is 0 Å². The Hall–Kier alpha value is -2.09. The van der Waals surface area contributed by atoms with Gasteiger partial charge in [-0.2, -0.15) is 0 Å². The third-order valence-electron chi connectivity index (χ3n) is 5.08. The second kappa shape index (κ2) is 5.28. The summed E-state index contributed by atoms with van der Waals surface area (Å²) in [6, 6.07) is 13.8. The Morgan fingerprint density at radius 2 is 2.00 bits per heavy atom. The van der Waals surface area contributed by atoms with Gasteiger partial charge in [-0.25, -0.2) is 4.39 Å². The van der Waals surface area contributed by atoms with Gasteiger partial charge in [0.2, 0.25) is 0 Å². The molecule has 0 saturated carbocycles. The number of halogens is 1. The summed E-state index contributed by atoms with van der Waals surface area (Å²) in [7, 11) is 0. The molecule has 3 atom stereocenters. The summed E-state index contributed by atoms with van der Waals surface area (Å²) in [5.74, 6) is 0.683. The van der Waals surface area contributed by atoms with Crippen LogP contribution in [0.15, 0.2) is 54.6 Å². The summed E-state index contributed by atoms with van der Waals surface area (Å²) in [5, 5.41) is 3.60. The number of anilines is 1. The largest absolute Gasteiger partial charge is 0.378 e. The average Bonchev–Trinajstić information content (AvgIpc) is 3.04. The van der Waals surface area contributed by atoms with Gasteiger partial charge in [0.25, 0.3) is 0 Å². The molecule has 2 aromatic rings. The van der Waals surface area contributed by atoms with Gasteiger partial charge in [0.1, 0.15) is 5.82 Å². The molecule has 2 heteroatoms. The van der Waals surface area contributed by atoms with Crippen LogP contribution in [-0.4, -0.2) is 0 Å². The zero-order valence-electron chi connectivity index (χ0n) is 12.7. The number of hydrogen-bond donors (Lipinski definition) is 1. The van der Waals surface area contributed by atoms with Crippen LogP contribution >= 0.6 is 0 Å². The molecule has 1 aliphatic carbocycles. The summed E-state index contributed by atoms with van der Waals surface area (Å²) in [5.41, 5.74) is 4.67. The number of hydrogen-bond acceptors (Lipinski definition) is 1. The number of nitrogens with one attached hydrogen (secondary N) is 1. The molecule has 2 aliphatic rings. The predicted octanol–water partition coefficient (Wildman–Crippen LogP) is 5.21. The van der Waals surface area contributed by atoms with Crippen molar-refractivity contribution in [2.45, 2.75) is 31.7 Å². The first-order valence-electron chi connectivity index (χ1n) is 8.08. The number of allylic oxidation sites excluding steroid dienone is 2. The molecule has 2 aromatic carbocycles. The molecule has 0 fully saturated rings. The van der Waals surface area contributed by atoms with Crippen LogP contribution in [0, 0.1) is 11.7 Å². The fourth-order valence-corrected chi connectivity index (χ4v) is 3.90. The van der Waals surface area contributed by atoms with Crippen molar-refractivity contribution in [1.82, 2.24) is 0 Å². The summed E-state index contributed by atoms with van der Waals surface area (Å²) in [4.78, 5) is 0. The minimum absolute atomic E-state index is 0.0428. The topological polar surface area (TPSA) is 12.0 Å². The number of fused-ring (bicyclic) bond motifs is 3. The normalized spacial score (nSPS) is 25.5. The van der Waals surface area contributed by atoms with Gasteiger partial charge in [0, 0.05) is 17.2 Å². The number of benzene rings is 2. The van der Waals surface area contributed by atoms with Crippen LogP contribution in [0.2, 0.25) is 0 Å². The van der Waals surface area contributed by atoms with E-state index in [1.165, 1.54) is 11.1 Å². The lowest BCUT2D eigenvalue weighted by molar-refractivity contribution is 0.413. The van der Waals surface area contributed by atoms with Crippen LogP contribution in [0.25, 0.3) is 0 Å². The fourth-order valence-electron chi connectivity index (χ4n) is 3.90. The lowest BCUT2D eigenvalue weighted by Gasteiger charge is -2.37. The lowest BCUT2D eigenvalue weighted by atomic mass is 9.76. The van der Waals surface area contributed by atoms with Crippen LogP contribution < -0.4 is 5.32 Å². The molecule has 4 rings (SSSR count). The Kier molecular flexibility index (Phi) is 3.25. The molecule has 1 heterocycles. The van der Waals surface area contributed by atoms with Crippen molar-refractivity contribution in [2.75, 3.05) is 5.32 Å². The highest BCUT2D eigenvalue weighted by Crippen LogP contribution is 2.50. The molecule has 0 saturated heterocycles. The SMILES string of the molecule is CCc1ccc2c(c1)[C@@H]1C=CC[C@@H]1[C@@H](c1ccccc1F)N2. The van der Waals surface area contributed by atoms with Crippen molar-refractivity contribution < 1.29 is 4.39 Å². The van der Waals surface area contributed by atoms with E-state index < -0.39 is 0 Å². The van der Waals surface area contributed by atoms with E-state index in [4.69, 9.17) is 0 Å². The van der Waals surface area contributed by atoms with Gasteiger partial charge >= 0.3 is 0 Å². The third-order valence-corrected chi connectivity index (χ3v) is 5.08. The minimum Gasteiger partial charge on any atom is -0.378 e. The Bertz CT molecular complexity index is 734. The zero-order chi connectivity index (χ0) is 15.1. The van der Waals surface area contributed by atoms with Gasteiger partial charge in [0.15, 0.2) is 0 Å². The monoisotopic (exact) mass is 293 g/mol. The summed E-state index contributed by atoms with van der Waals surface area (Å²) in [6.45, 7) is 2.18. The maximum absolute atomic E-state index is 14.3. The minimum atomic E-state index is -0.112. The van der Waals surface area contributed by atoms with Gasteiger partial charge in [-0.15, -0.1) is 0 Å². The van der Waals surface area contributed by atoms with Crippen molar-refractivity contribution >= 4 is 5.69 Å². The molecular weight excluding hydrogens is 273 g/mol. The van der Waals surface area contributed by atoms with Crippen molar-refractivity contribution in [1.29, 1.82) is 0 Å². The molecule has 0 radical (unpaired) electrons. The predicted molar refractivity (Wildman–Crippen MR) is 88.6 cm³/mol. The number of rotatable bonds is 2. The van der Waals surface area contributed by atoms with E-state index in [1.807, 2.05) is 12.1 Å². The fraction of sp³-hybridized carbons (Fsp3) is 0.300. The molecule has 1 nitrogen and oxygen atoms in total. The Balaban J connectivity index is 1.80. The molecule has 0 spiro atoms. The summed E-state index contributed by atoms with van der Waals surface area (Å²) in [6.07, 6.45) is 6.60. The molecule has 0 aromatic heterocycles. The van der Waals surface area contributed by atoms with Crippen LogP contribution in [0.1, 0.15) is 42.0 Å². The van der Waals surface area contributed by atoms with Gasteiger partial charge < -0.3 is 5.32 Å². The number of aryl methyl sites for hydroxylation is 1. The van der Waals surface area contributed by atoms with Crippen molar-refractivity contribution in [3.63, 3.8) is 0 Å². The van der Waals surface area contributed by atoms with Crippen LogP contribution in [-0.2, 0) is 6.42 Å². The van der Waals surface area contributed by atoms with Crippen molar-refractivity contribution in [3.8, 4) is 0 Å². The highest BCUT2D eigenvalue weighted by Gasteiger charge is 2.38. The molecule has 0 bridgehead atoms. The van der Waals surface area contributed by atoms with Gasteiger partial charge in [0.05, 0.1) is 6.04 Å². The van der Waals surface area contributed by atoms with Crippen LogP contribution in [0.4, 0.5) is 10.1 Å². The maximum atomic E-state index is 14.3. The molecule has 1 N–H and O–H groups in total.